The Bertz CT molecular complexity index is 865. The number of nitrogens with two attached hydrogens (primary N) is 1. The predicted octanol–water partition coefficient (Wildman–Crippen LogP) is 3.61. The van der Waals surface area contributed by atoms with Crippen molar-refractivity contribution in [1.82, 2.24) is 9.88 Å². The van der Waals surface area contributed by atoms with Gasteiger partial charge in [0.2, 0.25) is 0 Å². The lowest BCUT2D eigenvalue weighted by molar-refractivity contribution is 0.0537. The molecule has 2 N–H and O–H groups in total. The van der Waals surface area contributed by atoms with Crippen LogP contribution in [0.2, 0.25) is 0 Å². The zero-order chi connectivity index (χ0) is 19.1. The summed E-state index contributed by atoms with van der Waals surface area (Å²) in [6, 6.07) is 8.65. The normalized spacial score (nSPS) is 23.8. The third kappa shape index (κ3) is 3.03. The lowest BCUT2D eigenvalue weighted by Gasteiger charge is -2.42. The molecule has 2 aliphatic heterocycles. The monoisotopic (exact) mass is 396 g/mol. The Morgan fingerprint density at radius 1 is 1.11 bits per heavy atom. The zero-order valence-electron chi connectivity index (χ0n) is 16.3. The number of anilines is 1. The van der Waals surface area contributed by atoms with E-state index in [1.54, 1.807) is 11.3 Å². The number of fused-ring (bicyclic) bond motifs is 1. The lowest BCUT2D eigenvalue weighted by Crippen LogP contribution is -2.46. The summed E-state index contributed by atoms with van der Waals surface area (Å²) in [5.41, 5.74) is 10.1. The summed E-state index contributed by atoms with van der Waals surface area (Å²) in [4.78, 5) is 22.0. The summed E-state index contributed by atoms with van der Waals surface area (Å²) >= 11 is 1.61. The van der Waals surface area contributed by atoms with Crippen molar-refractivity contribution in [1.29, 1.82) is 0 Å². The summed E-state index contributed by atoms with van der Waals surface area (Å²) in [5.74, 6) is 0.0819. The summed E-state index contributed by atoms with van der Waals surface area (Å²) in [5, 5.41) is 2.94. The van der Waals surface area contributed by atoms with E-state index in [2.05, 4.69) is 34.1 Å². The van der Waals surface area contributed by atoms with E-state index >= 15 is 0 Å². The molecule has 2 saturated heterocycles. The SMILES string of the molecule is N[C@@H]1c2ccccc2CC12CCN(C(=O)c1csc(N3CCCCC3)n1)CC2. The number of benzene rings is 1. The van der Waals surface area contributed by atoms with Crippen LogP contribution in [0.15, 0.2) is 29.6 Å². The molecule has 5 nitrogen and oxygen atoms in total. The number of nitrogens with zero attached hydrogens (tertiary/aromatic N) is 3. The van der Waals surface area contributed by atoms with Gasteiger partial charge >= 0.3 is 0 Å². The second kappa shape index (κ2) is 7.16. The van der Waals surface area contributed by atoms with E-state index in [0.29, 0.717) is 5.69 Å². The highest BCUT2D eigenvalue weighted by atomic mass is 32.1. The zero-order valence-corrected chi connectivity index (χ0v) is 17.1. The Hall–Kier alpha value is -1.92. The molecule has 2 fully saturated rings. The number of hydrogen-bond donors (Lipinski definition) is 1. The van der Waals surface area contributed by atoms with E-state index in [0.717, 1.165) is 50.6 Å². The highest BCUT2D eigenvalue weighted by Crippen LogP contribution is 2.50. The summed E-state index contributed by atoms with van der Waals surface area (Å²) in [6.45, 7) is 3.67. The second-order valence-electron chi connectivity index (χ2n) is 8.57. The first kappa shape index (κ1) is 18.1. The molecule has 6 heteroatoms. The number of likely N-dealkylation sites (tertiary alicyclic amines) is 1. The number of piperidine rings is 2. The summed E-state index contributed by atoms with van der Waals surface area (Å²) in [7, 11) is 0. The Labute approximate surface area is 170 Å². The van der Waals surface area contributed by atoms with Crippen molar-refractivity contribution in [2.75, 3.05) is 31.1 Å². The molecule has 0 radical (unpaired) electrons. The topological polar surface area (TPSA) is 62.5 Å². The fourth-order valence-corrected chi connectivity index (χ4v) is 6.07. The molecule has 5 rings (SSSR count). The Kier molecular flexibility index (Phi) is 4.63. The Balaban J connectivity index is 1.25. The van der Waals surface area contributed by atoms with Crippen molar-refractivity contribution < 1.29 is 4.79 Å². The Morgan fingerprint density at radius 2 is 1.86 bits per heavy atom. The average Bonchev–Trinajstić information content (AvgIpc) is 3.33. The number of aromatic nitrogens is 1. The third-order valence-electron chi connectivity index (χ3n) is 6.98. The van der Waals surface area contributed by atoms with Crippen molar-refractivity contribution in [3.05, 3.63) is 46.5 Å². The van der Waals surface area contributed by atoms with E-state index < -0.39 is 0 Å². The maximum atomic E-state index is 13.0. The molecule has 0 saturated carbocycles. The highest BCUT2D eigenvalue weighted by molar-refractivity contribution is 7.13. The smallest absolute Gasteiger partial charge is 0.273 e. The van der Waals surface area contributed by atoms with Crippen LogP contribution >= 0.6 is 11.3 Å². The number of rotatable bonds is 2. The van der Waals surface area contributed by atoms with Crippen molar-refractivity contribution >= 4 is 22.4 Å². The van der Waals surface area contributed by atoms with Gasteiger partial charge in [-0.3, -0.25) is 4.79 Å². The van der Waals surface area contributed by atoms with Crippen LogP contribution < -0.4 is 10.6 Å². The number of carbonyl (C=O) groups is 1. The van der Waals surface area contributed by atoms with E-state index in [9.17, 15) is 4.79 Å². The number of hydrogen-bond acceptors (Lipinski definition) is 5. The van der Waals surface area contributed by atoms with E-state index in [-0.39, 0.29) is 17.4 Å². The summed E-state index contributed by atoms with van der Waals surface area (Å²) < 4.78 is 0. The van der Waals surface area contributed by atoms with Crippen molar-refractivity contribution in [3.8, 4) is 0 Å². The van der Waals surface area contributed by atoms with Crippen LogP contribution in [0.25, 0.3) is 0 Å². The first-order chi connectivity index (χ1) is 13.7. The van der Waals surface area contributed by atoms with Crippen LogP contribution in [0.5, 0.6) is 0 Å². The first-order valence-corrected chi connectivity index (χ1v) is 11.4. The number of amides is 1. The molecular weight excluding hydrogens is 368 g/mol. The minimum atomic E-state index is 0.0819. The lowest BCUT2D eigenvalue weighted by atomic mass is 9.73. The van der Waals surface area contributed by atoms with Gasteiger partial charge in [0.05, 0.1) is 0 Å². The van der Waals surface area contributed by atoms with Crippen molar-refractivity contribution in [3.63, 3.8) is 0 Å². The molecule has 0 unspecified atom stereocenters. The van der Waals surface area contributed by atoms with Crippen LogP contribution in [-0.2, 0) is 6.42 Å². The van der Waals surface area contributed by atoms with Gasteiger partial charge in [-0.2, -0.15) is 0 Å². The van der Waals surface area contributed by atoms with Gasteiger partial charge in [0.1, 0.15) is 5.69 Å². The summed E-state index contributed by atoms with van der Waals surface area (Å²) in [6.07, 6.45) is 6.73. The molecule has 3 heterocycles. The quantitative estimate of drug-likeness (QED) is 0.842. The maximum Gasteiger partial charge on any atom is 0.273 e. The second-order valence-corrected chi connectivity index (χ2v) is 9.41. The molecule has 1 aliphatic carbocycles. The van der Waals surface area contributed by atoms with Crippen LogP contribution in [0, 0.1) is 5.41 Å². The standard InChI is InChI=1S/C22H28N4OS/c23-19-17-7-3-2-6-16(17)14-22(19)8-12-25(13-9-22)20(27)18-15-28-21(24-18)26-10-4-1-5-11-26/h2-3,6-7,15,19H,1,4-5,8-14,23H2/t19-/m1/s1. The molecule has 1 spiro atoms. The number of carbonyl (C=O) groups excluding carboxylic acids is 1. The van der Waals surface area contributed by atoms with E-state index in [1.165, 1.54) is 30.4 Å². The fraction of sp³-hybridized carbons (Fsp3) is 0.545. The fourth-order valence-electron chi connectivity index (χ4n) is 5.22. The molecular formula is C22H28N4OS. The third-order valence-corrected chi connectivity index (χ3v) is 7.88. The van der Waals surface area contributed by atoms with Gasteiger partial charge < -0.3 is 15.5 Å². The maximum absolute atomic E-state index is 13.0. The average molecular weight is 397 g/mol. The largest absolute Gasteiger partial charge is 0.348 e. The van der Waals surface area contributed by atoms with E-state index in [4.69, 9.17) is 5.73 Å². The van der Waals surface area contributed by atoms with Gasteiger partial charge in [0, 0.05) is 37.6 Å². The molecule has 1 aromatic heterocycles. The molecule has 1 aromatic carbocycles. The van der Waals surface area contributed by atoms with Crippen LogP contribution in [-0.4, -0.2) is 42.0 Å². The molecule has 148 valence electrons. The number of thiazole rings is 1. The van der Waals surface area contributed by atoms with Crippen LogP contribution in [0.3, 0.4) is 0 Å². The van der Waals surface area contributed by atoms with Crippen molar-refractivity contribution in [2.45, 2.75) is 44.6 Å². The molecule has 1 amide bonds. The van der Waals surface area contributed by atoms with Gasteiger partial charge in [-0.25, -0.2) is 4.98 Å². The molecule has 28 heavy (non-hydrogen) atoms. The molecule has 3 aliphatic rings. The van der Waals surface area contributed by atoms with Gasteiger partial charge in [0.15, 0.2) is 5.13 Å². The molecule has 0 bridgehead atoms. The molecule has 1 atom stereocenters. The van der Waals surface area contributed by atoms with Gasteiger partial charge in [-0.05, 0) is 55.1 Å². The van der Waals surface area contributed by atoms with Gasteiger partial charge in [0.25, 0.3) is 5.91 Å². The molecule has 2 aromatic rings. The van der Waals surface area contributed by atoms with Crippen LogP contribution in [0.4, 0.5) is 5.13 Å². The first-order valence-electron chi connectivity index (χ1n) is 10.5. The van der Waals surface area contributed by atoms with Gasteiger partial charge in [-0.15, -0.1) is 11.3 Å². The predicted molar refractivity (Wildman–Crippen MR) is 113 cm³/mol. The highest BCUT2D eigenvalue weighted by Gasteiger charge is 2.46. The van der Waals surface area contributed by atoms with E-state index in [1.807, 2.05) is 10.3 Å². The van der Waals surface area contributed by atoms with Gasteiger partial charge in [-0.1, -0.05) is 24.3 Å². The Morgan fingerprint density at radius 3 is 2.61 bits per heavy atom. The van der Waals surface area contributed by atoms with Crippen molar-refractivity contribution in [2.24, 2.45) is 11.1 Å². The minimum absolute atomic E-state index is 0.0819. The van der Waals surface area contributed by atoms with Crippen LogP contribution in [0.1, 0.15) is 59.8 Å². The minimum Gasteiger partial charge on any atom is -0.348 e.